The Labute approximate surface area is 139 Å². The molecule has 1 saturated carbocycles. The highest BCUT2D eigenvalue weighted by atomic mass is 16.3. The van der Waals surface area contributed by atoms with Gasteiger partial charge in [-0.05, 0) is 66.5 Å². The first-order valence-electron chi connectivity index (χ1n) is 8.78. The van der Waals surface area contributed by atoms with Crippen LogP contribution in [0.15, 0.2) is 18.2 Å². The number of aliphatic hydroxyl groups is 3. The van der Waals surface area contributed by atoms with Gasteiger partial charge in [-0.15, -0.1) is 0 Å². The van der Waals surface area contributed by atoms with E-state index in [1.165, 1.54) is 5.56 Å². The van der Waals surface area contributed by atoms with E-state index in [0.717, 1.165) is 30.4 Å². The van der Waals surface area contributed by atoms with Crippen LogP contribution in [0.1, 0.15) is 76.2 Å². The van der Waals surface area contributed by atoms with Crippen molar-refractivity contribution < 1.29 is 15.3 Å². The van der Waals surface area contributed by atoms with Gasteiger partial charge in [-0.3, -0.25) is 0 Å². The van der Waals surface area contributed by atoms with Gasteiger partial charge in [0.15, 0.2) is 0 Å². The van der Waals surface area contributed by atoms with Gasteiger partial charge >= 0.3 is 0 Å². The van der Waals surface area contributed by atoms with E-state index in [-0.39, 0.29) is 23.4 Å². The number of benzene rings is 1. The molecule has 1 aromatic rings. The third kappa shape index (κ3) is 2.54. The highest BCUT2D eigenvalue weighted by Crippen LogP contribution is 2.59. The minimum atomic E-state index is -0.904. The molecule has 2 aliphatic rings. The van der Waals surface area contributed by atoms with E-state index in [9.17, 15) is 15.3 Å². The normalized spacial score (nSPS) is 37.2. The summed E-state index contributed by atoms with van der Waals surface area (Å²) >= 11 is 0. The third-order valence-electron chi connectivity index (χ3n) is 6.61. The van der Waals surface area contributed by atoms with Crippen LogP contribution in [0.3, 0.4) is 0 Å². The van der Waals surface area contributed by atoms with Gasteiger partial charge in [0.1, 0.15) is 0 Å². The zero-order valence-corrected chi connectivity index (χ0v) is 14.8. The molecular weight excluding hydrogens is 288 g/mol. The molecular formula is C20H30O3. The molecule has 0 spiro atoms. The number of rotatable bonds is 2. The number of hydrogen-bond acceptors (Lipinski definition) is 3. The molecule has 0 radical (unpaired) electrons. The van der Waals surface area contributed by atoms with Crippen LogP contribution < -0.4 is 0 Å². The van der Waals surface area contributed by atoms with E-state index in [1.807, 2.05) is 12.1 Å². The Kier molecular flexibility index (Phi) is 3.90. The molecule has 23 heavy (non-hydrogen) atoms. The van der Waals surface area contributed by atoms with Crippen molar-refractivity contribution >= 4 is 0 Å². The van der Waals surface area contributed by atoms with Crippen molar-refractivity contribution in [3.63, 3.8) is 0 Å². The number of hydrogen-bond donors (Lipinski definition) is 3. The lowest BCUT2D eigenvalue weighted by Crippen LogP contribution is -2.51. The second-order valence-corrected chi connectivity index (χ2v) is 8.75. The van der Waals surface area contributed by atoms with Gasteiger partial charge in [-0.25, -0.2) is 0 Å². The molecule has 0 heterocycles. The van der Waals surface area contributed by atoms with Crippen molar-refractivity contribution in [2.45, 2.75) is 70.5 Å². The lowest BCUT2D eigenvalue weighted by Gasteiger charge is -2.56. The predicted octanol–water partition coefficient (Wildman–Crippen LogP) is 3.41. The topological polar surface area (TPSA) is 60.7 Å². The van der Waals surface area contributed by atoms with Crippen LogP contribution in [0.4, 0.5) is 0 Å². The molecule has 3 nitrogen and oxygen atoms in total. The van der Waals surface area contributed by atoms with E-state index in [2.05, 4.69) is 19.9 Å². The minimum Gasteiger partial charge on any atom is -0.396 e. The molecule has 0 bridgehead atoms. The molecule has 0 aromatic heterocycles. The monoisotopic (exact) mass is 318 g/mol. The van der Waals surface area contributed by atoms with E-state index in [4.69, 9.17) is 0 Å². The van der Waals surface area contributed by atoms with Crippen molar-refractivity contribution in [3.05, 3.63) is 34.9 Å². The van der Waals surface area contributed by atoms with Crippen LogP contribution in [0.2, 0.25) is 0 Å². The van der Waals surface area contributed by atoms with Gasteiger partial charge in [0.2, 0.25) is 0 Å². The Morgan fingerprint density at radius 2 is 1.91 bits per heavy atom. The predicted molar refractivity (Wildman–Crippen MR) is 91.1 cm³/mol. The van der Waals surface area contributed by atoms with Gasteiger partial charge in [0.05, 0.1) is 11.7 Å². The van der Waals surface area contributed by atoms with Crippen molar-refractivity contribution in [2.24, 2.45) is 11.3 Å². The molecule has 4 atom stereocenters. The van der Waals surface area contributed by atoms with E-state index >= 15 is 0 Å². The van der Waals surface area contributed by atoms with Gasteiger partial charge < -0.3 is 15.3 Å². The first kappa shape index (κ1) is 16.9. The summed E-state index contributed by atoms with van der Waals surface area (Å²) in [5, 5.41) is 31.0. The highest BCUT2D eigenvalue weighted by molar-refractivity contribution is 5.43. The van der Waals surface area contributed by atoms with Crippen LogP contribution in [0, 0.1) is 11.3 Å². The Hall–Kier alpha value is -0.900. The standard InChI is InChI=1S/C20H30O3/c1-18(2,23)13-6-7-15-14(10-13)16(22)11-17-19(3,12-21)8-5-9-20(15,17)4/h6-7,10,16-17,21-23H,5,8-9,11-12H2,1-4H3/t16-,17+,19-,20-/m1/s1. The molecule has 128 valence electrons. The molecule has 2 aliphatic carbocycles. The quantitative estimate of drug-likeness (QED) is 0.783. The lowest BCUT2D eigenvalue weighted by atomic mass is 9.49. The fraction of sp³-hybridized carbons (Fsp3) is 0.700. The molecule has 3 N–H and O–H groups in total. The summed E-state index contributed by atoms with van der Waals surface area (Å²) in [5.74, 6) is 0.282. The maximum absolute atomic E-state index is 10.8. The summed E-state index contributed by atoms with van der Waals surface area (Å²) < 4.78 is 0. The van der Waals surface area contributed by atoms with Crippen molar-refractivity contribution in [1.29, 1.82) is 0 Å². The summed E-state index contributed by atoms with van der Waals surface area (Å²) in [5.41, 5.74) is 1.97. The highest BCUT2D eigenvalue weighted by Gasteiger charge is 2.53. The average Bonchev–Trinajstić information content (AvgIpc) is 2.49. The molecule has 0 amide bonds. The SMILES string of the molecule is CC(C)(O)c1ccc2c(c1)[C@H](O)C[C@H]1[C@@](C)(CO)CCC[C@]21C. The van der Waals surface area contributed by atoms with Gasteiger partial charge in [-0.2, -0.15) is 0 Å². The Balaban J connectivity index is 2.12. The smallest absolute Gasteiger partial charge is 0.0840 e. The van der Waals surface area contributed by atoms with Crippen LogP contribution in [0.5, 0.6) is 0 Å². The van der Waals surface area contributed by atoms with E-state index < -0.39 is 11.7 Å². The Morgan fingerprint density at radius 1 is 1.22 bits per heavy atom. The summed E-state index contributed by atoms with van der Waals surface area (Å²) in [7, 11) is 0. The van der Waals surface area contributed by atoms with E-state index in [1.54, 1.807) is 13.8 Å². The molecule has 3 heteroatoms. The second-order valence-electron chi connectivity index (χ2n) is 8.75. The van der Waals surface area contributed by atoms with Gasteiger partial charge in [0, 0.05) is 6.61 Å². The van der Waals surface area contributed by atoms with Crippen molar-refractivity contribution in [1.82, 2.24) is 0 Å². The number of fused-ring (bicyclic) bond motifs is 3. The third-order valence-corrected chi connectivity index (χ3v) is 6.61. The van der Waals surface area contributed by atoms with Gasteiger partial charge in [0.25, 0.3) is 0 Å². The van der Waals surface area contributed by atoms with Crippen molar-refractivity contribution in [2.75, 3.05) is 6.61 Å². The van der Waals surface area contributed by atoms with Crippen molar-refractivity contribution in [3.8, 4) is 0 Å². The fourth-order valence-corrected chi connectivity index (χ4v) is 5.12. The maximum Gasteiger partial charge on any atom is 0.0840 e. The molecule has 0 aliphatic heterocycles. The first-order valence-corrected chi connectivity index (χ1v) is 8.78. The van der Waals surface area contributed by atoms with Crippen LogP contribution in [-0.2, 0) is 11.0 Å². The van der Waals surface area contributed by atoms with E-state index in [0.29, 0.717) is 6.42 Å². The summed E-state index contributed by atoms with van der Waals surface area (Å²) in [6, 6.07) is 6.07. The largest absolute Gasteiger partial charge is 0.396 e. The number of aliphatic hydroxyl groups excluding tert-OH is 2. The van der Waals surface area contributed by atoms with Crippen LogP contribution >= 0.6 is 0 Å². The Bertz CT molecular complexity index is 603. The second kappa shape index (κ2) is 5.30. The summed E-state index contributed by atoms with van der Waals surface area (Å²) in [6.45, 7) is 8.18. The summed E-state index contributed by atoms with van der Waals surface area (Å²) in [4.78, 5) is 0. The first-order chi connectivity index (χ1) is 10.6. The average molecular weight is 318 g/mol. The zero-order valence-electron chi connectivity index (χ0n) is 14.8. The molecule has 1 fully saturated rings. The zero-order chi connectivity index (χ0) is 17.0. The Morgan fingerprint density at radius 3 is 2.52 bits per heavy atom. The van der Waals surface area contributed by atoms with Gasteiger partial charge in [-0.1, -0.05) is 38.5 Å². The minimum absolute atomic E-state index is 0.0115. The summed E-state index contributed by atoms with van der Waals surface area (Å²) in [6.07, 6.45) is 3.39. The maximum atomic E-state index is 10.8. The molecule has 0 saturated heterocycles. The lowest BCUT2D eigenvalue weighted by molar-refractivity contribution is -0.0464. The van der Waals surface area contributed by atoms with Crippen LogP contribution in [0.25, 0.3) is 0 Å². The fourth-order valence-electron chi connectivity index (χ4n) is 5.12. The molecule has 1 aromatic carbocycles. The molecule has 0 unspecified atom stereocenters. The molecule has 3 rings (SSSR count). The van der Waals surface area contributed by atoms with Crippen LogP contribution in [-0.4, -0.2) is 21.9 Å².